The summed E-state index contributed by atoms with van der Waals surface area (Å²) in [7, 11) is 3.10. The molecule has 0 aromatic heterocycles. The van der Waals surface area contributed by atoms with E-state index in [4.69, 9.17) is 0 Å². The van der Waals surface area contributed by atoms with E-state index in [1.165, 1.54) is 16.8 Å². The summed E-state index contributed by atoms with van der Waals surface area (Å²) in [5.74, 6) is -0.842. The quantitative estimate of drug-likeness (QED) is 0.760. The Hall–Kier alpha value is -2.12. The summed E-state index contributed by atoms with van der Waals surface area (Å²) < 4.78 is 0. The number of urea groups is 2. The average Bonchev–Trinajstić information content (AvgIpc) is 2.68. The molecule has 0 spiro atoms. The van der Waals surface area contributed by atoms with E-state index in [1.807, 2.05) is 0 Å². The van der Waals surface area contributed by atoms with Crippen LogP contribution in [0.4, 0.5) is 9.59 Å². The van der Waals surface area contributed by atoms with E-state index in [1.54, 1.807) is 27.8 Å². The summed E-state index contributed by atoms with van der Waals surface area (Å²) >= 11 is 0. The molecule has 0 aliphatic carbocycles. The first-order chi connectivity index (χ1) is 9.61. The number of rotatable bonds is 3. The van der Waals surface area contributed by atoms with Crippen molar-refractivity contribution in [1.29, 1.82) is 0 Å². The monoisotopic (exact) mass is 296 g/mol. The van der Waals surface area contributed by atoms with Gasteiger partial charge in [-0.25, -0.2) is 14.5 Å². The Kier molecular flexibility index (Phi) is 3.23. The standard InChI is InChI=1S/C13H20N4O4/c1-6-8(18)7-9(19)17-11(21)16(5)13(3)12(17,2)14-10(20)15(13)4/h6-7H2,1-5H3,(H,14,20)/t12-,13+/m1/s1. The van der Waals surface area contributed by atoms with Crippen LogP contribution in [0, 0.1) is 0 Å². The highest BCUT2D eigenvalue weighted by Gasteiger charge is 2.70. The van der Waals surface area contributed by atoms with Gasteiger partial charge in [0.1, 0.15) is 5.78 Å². The normalized spacial score (nSPS) is 31.6. The first-order valence-electron chi connectivity index (χ1n) is 6.79. The lowest BCUT2D eigenvalue weighted by Gasteiger charge is -2.40. The number of likely N-dealkylation sites (N-methyl/N-ethyl adjacent to an activating group) is 2. The maximum absolute atomic E-state index is 12.4. The molecule has 2 rings (SSSR count). The number of carbonyl (C=O) groups excluding carboxylic acids is 4. The fourth-order valence-electron chi connectivity index (χ4n) is 3.01. The summed E-state index contributed by atoms with van der Waals surface area (Å²) in [6, 6.07) is -0.903. The number of Topliss-reactive ketones (excluding diaryl/α,β-unsaturated/α-hetero) is 1. The Morgan fingerprint density at radius 3 is 2.24 bits per heavy atom. The summed E-state index contributed by atoms with van der Waals surface area (Å²) in [5, 5.41) is 2.68. The van der Waals surface area contributed by atoms with Crippen LogP contribution in [-0.2, 0) is 9.59 Å². The van der Waals surface area contributed by atoms with Gasteiger partial charge in [0.05, 0.1) is 6.42 Å². The summed E-state index contributed by atoms with van der Waals surface area (Å²) in [5.41, 5.74) is -2.22. The largest absolute Gasteiger partial charge is 0.330 e. The van der Waals surface area contributed by atoms with Crippen molar-refractivity contribution in [3.05, 3.63) is 0 Å². The van der Waals surface area contributed by atoms with Crippen LogP contribution in [0.1, 0.15) is 33.6 Å². The number of imide groups is 1. The molecule has 2 atom stereocenters. The van der Waals surface area contributed by atoms with Crippen molar-refractivity contribution in [2.24, 2.45) is 0 Å². The number of nitrogens with zero attached hydrogens (tertiary/aromatic N) is 3. The van der Waals surface area contributed by atoms with Crippen LogP contribution in [0.15, 0.2) is 0 Å². The van der Waals surface area contributed by atoms with Gasteiger partial charge >= 0.3 is 12.1 Å². The van der Waals surface area contributed by atoms with Gasteiger partial charge in [-0.3, -0.25) is 9.59 Å². The molecule has 2 aliphatic heterocycles. The Balaban J connectivity index is 2.44. The molecule has 2 fully saturated rings. The highest BCUT2D eigenvalue weighted by Crippen LogP contribution is 2.44. The fourth-order valence-corrected chi connectivity index (χ4v) is 3.01. The van der Waals surface area contributed by atoms with E-state index in [0.717, 1.165) is 4.90 Å². The first kappa shape index (κ1) is 15.3. The van der Waals surface area contributed by atoms with Crippen LogP contribution in [0.2, 0.25) is 0 Å². The van der Waals surface area contributed by atoms with Crippen molar-refractivity contribution in [3.63, 3.8) is 0 Å². The maximum atomic E-state index is 12.4. The molecule has 2 saturated heterocycles. The molecule has 21 heavy (non-hydrogen) atoms. The molecule has 0 aromatic carbocycles. The van der Waals surface area contributed by atoms with E-state index < -0.39 is 23.3 Å². The molecule has 0 radical (unpaired) electrons. The number of hydrogen-bond acceptors (Lipinski definition) is 4. The number of ketones is 1. The third-order valence-corrected chi connectivity index (χ3v) is 4.80. The van der Waals surface area contributed by atoms with Crippen LogP contribution in [-0.4, -0.2) is 63.9 Å². The number of carbonyl (C=O) groups is 4. The minimum Gasteiger partial charge on any atom is -0.311 e. The first-order valence-corrected chi connectivity index (χ1v) is 6.79. The maximum Gasteiger partial charge on any atom is 0.330 e. The molecule has 0 bridgehead atoms. The number of hydrogen-bond donors (Lipinski definition) is 1. The number of amides is 5. The Labute approximate surface area is 123 Å². The Morgan fingerprint density at radius 2 is 1.71 bits per heavy atom. The van der Waals surface area contributed by atoms with E-state index >= 15 is 0 Å². The summed E-state index contributed by atoms with van der Waals surface area (Å²) in [6.45, 7) is 4.98. The molecule has 8 nitrogen and oxygen atoms in total. The van der Waals surface area contributed by atoms with Crippen LogP contribution < -0.4 is 5.32 Å². The van der Waals surface area contributed by atoms with Crippen LogP contribution in [0.25, 0.3) is 0 Å². The third kappa shape index (κ3) is 1.68. The SMILES string of the molecule is CCC(=O)CC(=O)N1C(=O)N(C)[C@]2(C)N(C)C(=O)N[C@]12C. The molecular weight excluding hydrogens is 276 g/mol. The lowest BCUT2D eigenvalue weighted by molar-refractivity contribution is -0.137. The van der Waals surface area contributed by atoms with Crippen LogP contribution >= 0.6 is 0 Å². The molecule has 2 heterocycles. The molecular formula is C13H20N4O4. The number of fused-ring (bicyclic) bond motifs is 1. The van der Waals surface area contributed by atoms with E-state index in [0.29, 0.717) is 0 Å². The molecule has 0 saturated carbocycles. The van der Waals surface area contributed by atoms with E-state index in [2.05, 4.69) is 5.32 Å². The smallest absolute Gasteiger partial charge is 0.311 e. The molecule has 1 N–H and O–H groups in total. The predicted octanol–water partition coefficient (Wildman–Crippen LogP) is 0.337. The lowest BCUT2D eigenvalue weighted by Crippen LogP contribution is -2.64. The van der Waals surface area contributed by atoms with Crippen molar-refractivity contribution in [2.45, 2.75) is 44.9 Å². The second-order valence-electron chi connectivity index (χ2n) is 5.72. The van der Waals surface area contributed by atoms with Crippen molar-refractivity contribution in [3.8, 4) is 0 Å². The van der Waals surface area contributed by atoms with Crippen LogP contribution in [0.3, 0.4) is 0 Å². The molecule has 0 unspecified atom stereocenters. The zero-order chi connectivity index (χ0) is 16.2. The van der Waals surface area contributed by atoms with Crippen molar-refractivity contribution >= 4 is 23.8 Å². The second-order valence-corrected chi connectivity index (χ2v) is 5.72. The topological polar surface area (TPSA) is 90.0 Å². The van der Waals surface area contributed by atoms with Crippen molar-refractivity contribution < 1.29 is 19.2 Å². The lowest BCUT2D eigenvalue weighted by atomic mass is 9.96. The Bertz CT molecular complexity index is 548. The molecule has 116 valence electrons. The van der Waals surface area contributed by atoms with Crippen molar-refractivity contribution in [2.75, 3.05) is 14.1 Å². The second kappa shape index (κ2) is 4.44. The molecule has 8 heteroatoms. The molecule has 0 aromatic rings. The van der Waals surface area contributed by atoms with Gasteiger partial charge in [0.2, 0.25) is 5.91 Å². The zero-order valence-electron chi connectivity index (χ0n) is 12.9. The van der Waals surface area contributed by atoms with Gasteiger partial charge in [0, 0.05) is 20.5 Å². The summed E-state index contributed by atoms with van der Waals surface area (Å²) in [4.78, 5) is 52.0. The van der Waals surface area contributed by atoms with Gasteiger partial charge < -0.3 is 15.1 Å². The third-order valence-electron chi connectivity index (χ3n) is 4.80. The highest BCUT2D eigenvalue weighted by atomic mass is 16.2. The fraction of sp³-hybridized carbons (Fsp3) is 0.692. The van der Waals surface area contributed by atoms with E-state index in [-0.39, 0.29) is 24.7 Å². The van der Waals surface area contributed by atoms with Crippen LogP contribution in [0.5, 0.6) is 0 Å². The highest BCUT2D eigenvalue weighted by molar-refractivity contribution is 6.07. The summed E-state index contributed by atoms with van der Waals surface area (Å²) in [6.07, 6.45) is -0.120. The van der Waals surface area contributed by atoms with Gasteiger partial charge in [-0.15, -0.1) is 0 Å². The minimum absolute atomic E-state index is 0.226. The molecule has 2 aliphatic rings. The van der Waals surface area contributed by atoms with E-state index in [9.17, 15) is 19.2 Å². The van der Waals surface area contributed by atoms with Gasteiger partial charge in [-0.1, -0.05) is 6.92 Å². The zero-order valence-corrected chi connectivity index (χ0v) is 12.9. The minimum atomic E-state index is -1.21. The Morgan fingerprint density at radius 1 is 1.14 bits per heavy atom. The van der Waals surface area contributed by atoms with Gasteiger partial charge in [0.25, 0.3) is 0 Å². The molecule has 5 amide bonds. The predicted molar refractivity (Wildman–Crippen MR) is 73.0 cm³/mol. The van der Waals surface area contributed by atoms with Gasteiger partial charge in [0.15, 0.2) is 11.3 Å². The average molecular weight is 296 g/mol. The number of nitrogens with one attached hydrogen (secondary N) is 1. The van der Waals surface area contributed by atoms with Gasteiger partial charge in [-0.2, -0.15) is 0 Å². The van der Waals surface area contributed by atoms with Crippen molar-refractivity contribution in [1.82, 2.24) is 20.0 Å². The van der Waals surface area contributed by atoms with Gasteiger partial charge in [-0.05, 0) is 13.8 Å².